The van der Waals surface area contributed by atoms with Crippen LogP contribution in [-0.2, 0) is 4.79 Å². The number of amides is 4. The Morgan fingerprint density at radius 2 is 1.50 bits per heavy atom. The molecule has 6 fully saturated rings. The van der Waals surface area contributed by atoms with Crippen molar-refractivity contribution in [3.63, 3.8) is 0 Å². The number of benzene rings is 1. The zero-order chi connectivity index (χ0) is 25.1. The molecule has 5 aliphatic carbocycles. The van der Waals surface area contributed by atoms with E-state index in [1.807, 2.05) is 17.0 Å². The topological polar surface area (TPSA) is 90.5 Å². The molecule has 0 aromatic heterocycles. The zero-order valence-corrected chi connectivity index (χ0v) is 21.7. The maximum atomic E-state index is 13.0. The van der Waals surface area contributed by atoms with Crippen molar-refractivity contribution in [2.45, 2.75) is 89.6 Å². The molecule has 7 nitrogen and oxygen atoms in total. The normalized spacial score (nSPS) is 35.4. The first-order chi connectivity index (χ1) is 17.1. The first kappa shape index (κ1) is 23.8. The van der Waals surface area contributed by atoms with Gasteiger partial charge in [-0.25, -0.2) is 4.79 Å². The Bertz CT molecular complexity index is 1040. The molecule has 6 aliphatic rings. The number of hydrogen-bond donors (Lipinski definition) is 3. The summed E-state index contributed by atoms with van der Waals surface area (Å²) in [5.74, 6) is 0.871. The van der Waals surface area contributed by atoms with Crippen molar-refractivity contribution in [2.24, 2.45) is 22.7 Å². The van der Waals surface area contributed by atoms with Crippen molar-refractivity contribution in [1.82, 2.24) is 15.5 Å². The number of rotatable bonds is 5. The smallest absolute Gasteiger partial charge is 0.319 e. The lowest BCUT2D eigenvalue weighted by Crippen LogP contribution is -2.65. The minimum atomic E-state index is -0.144. The average Bonchev–Trinajstić information content (AvgIpc) is 3.60. The summed E-state index contributed by atoms with van der Waals surface area (Å²) in [6, 6.07) is 7.43. The van der Waals surface area contributed by atoms with Crippen LogP contribution in [0.4, 0.5) is 10.5 Å². The molecule has 1 aromatic rings. The molecule has 1 heterocycles. The fourth-order valence-corrected chi connectivity index (χ4v) is 8.76. The Balaban J connectivity index is 1.02. The summed E-state index contributed by atoms with van der Waals surface area (Å²) in [6.07, 6.45) is 10.7. The van der Waals surface area contributed by atoms with Gasteiger partial charge in [-0.05, 0) is 105 Å². The maximum Gasteiger partial charge on any atom is 0.319 e. The molecule has 1 saturated heterocycles. The van der Waals surface area contributed by atoms with Crippen LogP contribution >= 0.6 is 0 Å². The standard InChI is InChI=1S/C29H40N4O3/c1-27-13-19-14-28(2,16-27)18-29(15-19,17-27)32-26(36)31-23-5-3-21(4-6-23)25(35)33-11-9-20(10-12-33)24(34)30-22-7-8-22/h3-6,19-20,22H,7-18H2,1-2H3,(H,30,34)(H2,31,32,36)/t19-,27+,28-,29-. The molecule has 3 N–H and O–H groups in total. The molecule has 1 aromatic carbocycles. The second kappa shape index (κ2) is 8.49. The van der Waals surface area contributed by atoms with Crippen molar-refractivity contribution in [2.75, 3.05) is 18.4 Å². The SMILES string of the molecule is C[C@]12C[C@@H]3C[C@](C)(C1)C[C@@](NC(=O)Nc1ccc(C(=O)N4CCC(C(=O)NC5CC5)CC4)cc1)(C3)C2. The van der Waals surface area contributed by atoms with Gasteiger partial charge in [-0.3, -0.25) is 9.59 Å². The first-order valence-electron chi connectivity index (χ1n) is 13.9. The Kier molecular flexibility index (Phi) is 5.61. The van der Waals surface area contributed by atoms with Crippen molar-refractivity contribution in [1.29, 1.82) is 0 Å². The number of carbonyl (C=O) groups excluding carboxylic acids is 3. The fourth-order valence-electron chi connectivity index (χ4n) is 8.76. The van der Waals surface area contributed by atoms with Gasteiger partial charge in [0.25, 0.3) is 5.91 Å². The second-order valence-electron chi connectivity index (χ2n) is 13.4. The molecule has 0 spiro atoms. The van der Waals surface area contributed by atoms with E-state index in [9.17, 15) is 14.4 Å². The molecular weight excluding hydrogens is 452 g/mol. The summed E-state index contributed by atoms with van der Waals surface area (Å²) >= 11 is 0. The molecule has 0 unspecified atom stereocenters. The van der Waals surface area contributed by atoms with Gasteiger partial charge in [0.15, 0.2) is 0 Å². The predicted octanol–water partition coefficient (Wildman–Crippen LogP) is 4.69. The number of urea groups is 1. The van der Waals surface area contributed by atoms with E-state index in [0.717, 1.165) is 38.0 Å². The molecule has 0 radical (unpaired) electrons. The highest BCUT2D eigenvalue weighted by Crippen LogP contribution is 2.66. The van der Waals surface area contributed by atoms with E-state index >= 15 is 0 Å². The lowest BCUT2D eigenvalue weighted by molar-refractivity contribution is -0.126. The number of carbonyl (C=O) groups is 3. The molecule has 7 heteroatoms. The summed E-state index contributed by atoms with van der Waals surface area (Å²) in [5.41, 5.74) is 1.91. The first-order valence-corrected chi connectivity index (χ1v) is 13.9. The number of nitrogens with one attached hydrogen (secondary N) is 3. The molecule has 1 aliphatic heterocycles. The predicted molar refractivity (Wildman–Crippen MR) is 139 cm³/mol. The zero-order valence-electron chi connectivity index (χ0n) is 21.7. The summed E-state index contributed by atoms with van der Waals surface area (Å²) in [7, 11) is 0. The molecule has 194 valence electrons. The monoisotopic (exact) mass is 492 g/mol. The maximum absolute atomic E-state index is 13.0. The van der Waals surface area contributed by atoms with E-state index in [2.05, 4.69) is 29.8 Å². The van der Waals surface area contributed by atoms with Crippen molar-refractivity contribution in [3.05, 3.63) is 29.8 Å². The van der Waals surface area contributed by atoms with Crippen LogP contribution in [0.3, 0.4) is 0 Å². The molecule has 4 bridgehead atoms. The highest BCUT2D eigenvalue weighted by Gasteiger charge is 2.60. The van der Waals surface area contributed by atoms with E-state index in [1.54, 1.807) is 12.1 Å². The van der Waals surface area contributed by atoms with Gasteiger partial charge in [0.2, 0.25) is 5.91 Å². The number of piperidine rings is 1. The third-order valence-corrected chi connectivity index (χ3v) is 9.47. The molecule has 7 rings (SSSR count). The highest BCUT2D eigenvalue weighted by molar-refractivity contribution is 5.96. The Hall–Kier alpha value is -2.57. The molecule has 36 heavy (non-hydrogen) atoms. The Labute approximate surface area is 214 Å². The van der Waals surface area contributed by atoms with Crippen LogP contribution in [0.5, 0.6) is 0 Å². The van der Waals surface area contributed by atoms with Crippen LogP contribution in [0.15, 0.2) is 24.3 Å². The van der Waals surface area contributed by atoms with Crippen LogP contribution in [0.2, 0.25) is 0 Å². The fraction of sp³-hybridized carbons (Fsp3) is 0.690. The number of nitrogens with zero attached hydrogens (tertiary/aromatic N) is 1. The van der Waals surface area contributed by atoms with Gasteiger partial charge in [-0.1, -0.05) is 13.8 Å². The van der Waals surface area contributed by atoms with Crippen LogP contribution < -0.4 is 16.0 Å². The van der Waals surface area contributed by atoms with Gasteiger partial charge in [0.1, 0.15) is 0 Å². The Morgan fingerprint density at radius 1 is 0.861 bits per heavy atom. The van der Waals surface area contributed by atoms with E-state index in [0.29, 0.717) is 54.1 Å². The van der Waals surface area contributed by atoms with Gasteiger partial charge in [0, 0.05) is 41.8 Å². The third kappa shape index (κ3) is 4.73. The van der Waals surface area contributed by atoms with Crippen LogP contribution in [-0.4, -0.2) is 47.4 Å². The van der Waals surface area contributed by atoms with E-state index in [-0.39, 0.29) is 29.3 Å². The minimum Gasteiger partial charge on any atom is -0.353 e. The number of hydrogen-bond acceptors (Lipinski definition) is 3. The van der Waals surface area contributed by atoms with Gasteiger partial charge >= 0.3 is 6.03 Å². The summed E-state index contributed by atoms with van der Waals surface area (Å²) < 4.78 is 0. The highest BCUT2D eigenvalue weighted by atomic mass is 16.2. The van der Waals surface area contributed by atoms with E-state index in [1.165, 1.54) is 19.3 Å². The number of likely N-dealkylation sites (tertiary alicyclic amines) is 1. The lowest BCUT2D eigenvalue weighted by Gasteiger charge is -2.65. The summed E-state index contributed by atoms with van der Waals surface area (Å²) in [5, 5.41) is 9.47. The molecule has 4 amide bonds. The largest absolute Gasteiger partial charge is 0.353 e. The van der Waals surface area contributed by atoms with Gasteiger partial charge in [-0.2, -0.15) is 0 Å². The molecule has 5 saturated carbocycles. The van der Waals surface area contributed by atoms with Gasteiger partial charge in [-0.15, -0.1) is 0 Å². The number of anilines is 1. The van der Waals surface area contributed by atoms with Crippen LogP contribution in [0.1, 0.15) is 88.4 Å². The second-order valence-corrected chi connectivity index (χ2v) is 13.4. The van der Waals surface area contributed by atoms with Crippen molar-refractivity contribution < 1.29 is 14.4 Å². The van der Waals surface area contributed by atoms with Crippen molar-refractivity contribution in [3.8, 4) is 0 Å². The van der Waals surface area contributed by atoms with Gasteiger partial charge < -0.3 is 20.9 Å². The summed E-state index contributed by atoms with van der Waals surface area (Å²) in [4.78, 5) is 40.1. The molecule has 4 atom stereocenters. The van der Waals surface area contributed by atoms with E-state index < -0.39 is 0 Å². The van der Waals surface area contributed by atoms with E-state index in [4.69, 9.17) is 0 Å². The summed E-state index contributed by atoms with van der Waals surface area (Å²) in [6.45, 7) is 6.02. The van der Waals surface area contributed by atoms with Crippen molar-refractivity contribution >= 4 is 23.5 Å². The third-order valence-electron chi connectivity index (χ3n) is 9.47. The minimum absolute atomic E-state index is 0.0119. The lowest BCUT2D eigenvalue weighted by atomic mass is 9.43. The van der Waals surface area contributed by atoms with Gasteiger partial charge in [0.05, 0.1) is 0 Å². The quantitative estimate of drug-likeness (QED) is 0.557. The van der Waals surface area contributed by atoms with Crippen LogP contribution in [0, 0.1) is 22.7 Å². The van der Waals surface area contributed by atoms with Crippen LogP contribution in [0.25, 0.3) is 0 Å². The average molecular weight is 493 g/mol. The Morgan fingerprint density at radius 3 is 2.08 bits per heavy atom. The molecular formula is C29H40N4O3.